The van der Waals surface area contributed by atoms with E-state index >= 15 is 0 Å². The maximum atomic E-state index is 14.1. The summed E-state index contributed by atoms with van der Waals surface area (Å²) in [5.74, 6) is 0.140. The van der Waals surface area contributed by atoms with Gasteiger partial charge in [-0.1, -0.05) is 17.7 Å². The Hall–Kier alpha value is -3.39. The lowest BCUT2D eigenvalue weighted by Gasteiger charge is -2.07. The summed E-state index contributed by atoms with van der Waals surface area (Å²) in [4.78, 5) is 25.5. The molecule has 4 aromatic rings. The van der Waals surface area contributed by atoms with Crippen LogP contribution in [-0.2, 0) is 6.54 Å². The summed E-state index contributed by atoms with van der Waals surface area (Å²) in [6.07, 6.45) is 2.93. The van der Waals surface area contributed by atoms with Crippen LogP contribution in [0.3, 0.4) is 0 Å². The average Bonchev–Trinajstić information content (AvgIpc) is 3.03. The zero-order valence-corrected chi connectivity index (χ0v) is 16.1. The van der Waals surface area contributed by atoms with Crippen LogP contribution in [0.4, 0.5) is 4.39 Å². The molecular formula is C20H16ClFN4O3. The van der Waals surface area contributed by atoms with Crippen molar-refractivity contribution < 1.29 is 9.13 Å². The Kier molecular flexibility index (Phi) is 4.94. The lowest BCUT2D eigenvalue weighted by molar-refractivity contribution is 0.340. The Labute approximate surface area is 169 Å². The van der Waals surface area contributed by atoms with E-state index in [0.717, 1.165) is 9.08 Å². The molecule has 2 aromatic heterocycles. The van der Waals surface area contributed by atoms with E-state index in [4.69, 9.17) is 16.3 Å². The number of hydrogen-bond acceptors (Lipinski definition) is 4. The number of hydrogen-bond donors (Lipinski definition) is 0. The van der Waals surface area contributed by atoms with E-state index in [0.29, 0.717) is 18.0 Å². The molecule has 29 heavy (non-hydrogen) atoms. The van der Waals surface area contributed by atoms with Crippen LogP contribution >= 0.6 is 11.6 Å². The minimum atomic E-state index is -0.560. The van der Waals surface area contributed by atoms with E-state index < -0.39 is 17.1 Å². The molecule has 7 nitrogen and oxygen atoms in total. The first-order valence-corrected chi connectivity index (χ1v) is 9.24. The SMILES string of the molecule is CCOc1ccc(-n2ccn3c(=O)n(Cc4c(F)cccc4Cl)nc3c2=O)cc1. The largest absolute Gasteiger partial charge is 0.494 e. The van der Waals surface area contributed by atoms with Crippen LogP contribution in [-0.4, -0.2) is 25.4 Å². The summed E-state index contributed by atoms with van der Waals surface area (Å²) in [5.41, 5.74) is -0.382. The van der Waals surface area contributed by atoms with Crippen LogP contribution in [0.2, 0.25) is 5.02 Å². The van der Waals surface area contributed by atoms with Gasteiger partial charge in [0.1, 0.15) is 11.6 Å². The smallest absolute Gasteiger partial charge is 0.350 e. The molecule has 0 fully saturated rings. The van der Waals surface area contributed by atoms with Crippen molar-refractivity contribution in [2.24, 2.45) is 0 Å². The molecule has 0 unspecified atom stereocenters. The molecule has 0 saturated carbocycles. The number of benzene rings is 2. The van der Waals surface area contributed by atoms with E-state index in [1.807, 2.05) is 6.92 Å². The molecule has 0 amide bonds. The molecule has 4 rings (SSSR count). The fourth-order valence-electron chi connectivity index (χ4n) is 3.02. The van der Waals surface area contributed by atoms with Gasteiger partial charge in [0.05, 0.1) is 13.2 Å². The number of aromatic nitrogens is 4. The van der Waals surface area contributed by atoms with E-state index in [-0.39, 0.29) is 22.8 Å². The molecule has 2 aromatic carbocycles. The van der Waals surface area contributed by atoms with Gasteiger partial charge in [-0.15, -0.1) is 5.10 Å². The molecule has 0 atom stereocenters. The molecule has 0 saturated heterocycles. The van der Waals surface area contributed by atoms with Crippen LogP contribution in [0.5, 0.6) is 5.75 Å². The first-order chi connectivity index (χ1) is 14.0. The molecule has 148 valence electrons. The van der Waals surface area contributed by atoms with Gasteiger partial charge in [-0.3, -0.25) is 9.36 Å². The van der Waals surface area contributed by atoms with Crippen molar-refractivity contribution in [1.82, 2.24) is 18.7 Å². The lowest BCUT2D eigenvalue weighted by Crippen LogP contribution is -2.24. The number of ether oxygens (including phenoxy) is 1. The van der Waals surface area contributed by atoms with Crippen molar-refractivity contribution in [3.05, 3.63) is 92.1 Å². The number of fused-ring (bicyclic) bond motifs is 1. The Bertz CT molecular complexity index is 1290. The summed E-state index contributed by atoms with van der Waals surface area (Å²) in [5, 5.41) is 4.29. The lowest BCUT2D eigenvalue weighted by atomic mass is 10.2. The van der Waals surface area contributed by atoms with Crippen molar-refractivity contribution in [3.63, 3.8) is 0 Å². The van der Waals surface area contributed by atoms with E-state index in [1.165, 1.54) is 35.2 Å². The molecule has 0 aliphatic heterocycles. The fourth-order valence-corrected chi connectivity index (χ4v) is 3.24. The summed E-state index contributed by atoms with van der Waals surface area (Å²) < 4.78 is 23.0. The summed E-state index contributed by atoms with van der Waals surface area (Å²) in [7, 11) is 0. The average molecular weight is 415 g/mol. The first-order valence-electron chi connectivity index (χ1n) is 8.86. The summed E-state index contributed by atoms with van der Waals surface area (Å²) in [6, 6.07) is 11.2. The normalized spacial score (nSPS) is 11.1. The van der Waals surface area contributed by atoms with Gasteiger partial charge in [0.2, 0.25) is 5.65 Å². The van der Waals surface area contributed by atoms with Gasteiger partial charge in [-0.05, 0) is 43.3 Å². The molecular weight excluding hydrogens is 399 g/mol. The third-order valence-corrected chi connectivity index (χ3v) is 4.79. The van der Waals surface area contributed by atoms with E-state index in [9.17, 15) is 14.0 Å². The summed E-state index contributed by atoms with van der Waals surface area (Å²) in [6.45, 7) is 2.24. The Morgan fingerprint density at radius 2 is 1.86 bits per heavy atom. The highest BCUT2D eigenvalue weighted by molar-refractivity contribution is 6.31. The highest BCUT2D eigenvalue weighted by atomic mass is 35.5. The second-order valence-electron chi connectivity index (χ2n) is 6.23. The van der Waals surface area contributed by atoms with Gasteiger partial charge in [-0.2, -0.15) is 0 Å². The quantitative estimate of drug-likeness (QED) is 0.503. The second kappa shape index (κ2) is 7.56. The van der Waals surface area contributed by atoms with Crippen LogP contribution < -0.4 is 16.0 Å². The topological polar surface area (TPSA) is 70.5 Å². The van der Waals surface area contributed by atoms with Gasteiger partial charge in [0, 0.05) is 28.7 Å². The minimum Gasteiger partial charge on any atom is -0.494 e. The predicted octanol–water partition coefficient (Wildman–Crippen LogP) is 2.89. The molecule has 0 aliphatic carbocycles. The van der Waals surface area contributed by atoms with Crippen LogP contribution in [0.1, 0.15) is 12.5 Å². The first kappa shape index (κ1) is 18.9. The molecule has 2 heterocycles. The van der Waals surface area contributed by atoms with Gasteiger partial charge < -0.3 is 4.74 Å². The van der Waals surface area contributed by atoms with Crippen LogP contribution in [0.25, 0.3) is 11.3 Å². The standard InChI is InChI=1S/C20H16ClFN4O3/c1-2-29-14-8-6-13(7-9-14)24-10-11-25-18(19(24)27)23-26(20(25)28)12-15-16(21)4-3-5-17(15)22/h3-11H,2,12H2,1H3. The Morgan fingerprint density at radius 3 is 2.55 bits per heavy atom. The van der Waals surface area contributed by atoms with Crippen molar-refractivity contribution in [1.29, 1.82) is 0 Å². The zero-order chi connectivity index (χ0) is 20.5. The minimum absolute atomic E-state index is 0.0705. The predicted molar refractivity (Wildman–Crippen MR) is 107 cm³/mol. The van der Waals surface area contributed by atoms with Gasteiger partial charge in [0.25, 0.3) is 0 Å². The maximum absolute atomic E-state index is 14.1. The zero-order valence-electron chi connectivity index (χ0n) is 15.4. The third-order valence-electron chi connectivity index (χ3n) is 4.44. The number of halogens is 2. The van der Waals surface area contributed by atoms with E-state index in [2.05, 4.69) is 5.10 Å². The summed E-state index contributed by atoms with van der Waals surface area (Å²) >= 11 is 6.04. The Morgan fingerprint density at radius 1 is 1.10 bits per heavy atom. The van der Waals surface area contributed by atoms with Gasteiger partial charge >= 0.3 is 11.2 Å². The van der Waals surface area contributed by atoms with Crippen LogP contribution in [0.15, 0.2) is 64.4 Å². The molecule has 0 radical (unpaired) electrons. The number of nitrogens with zero attached hydrogens (tertiary/aromatic N) is 4. The van der Waals surface area contributed by atoms with Crippen molar-refractivity contribution >= 4 is 17.2 Å². The molecule has 0 bridgehead atoms. The molecule has 0 spiro atoms. The molecule has 0 N–H and O–H groups in total. The fraction of sp³-hybridized carbons (Fsp3) is 0.150. The monoisotopic (exact) mass is 414 g/mol. The Balaban J connectivity index is 1.78. The third kappa shape index (κ3) is 3.42. The molecule has 0 aliphatic rings. The van der Waals surface area contributed by atoms with Crippen molar-refractivity contribution in [2.75, 3.05) is 6.61 Å². The highest BCUT2D eigenvalue weighted by Crippen LogP contribution is 2.19. The van der Waals surface area contributed by atoms with Gasteiger partial charge in [0.15, 0.2) is 0 Å². The van der Waals surface area contributed by atoms with Gasteiger partial charge in [-0.25, -0.2) is 18.3 Å². The van der Waals surface area contributed by atoms with Crippen LogP contribution in [0, 0.1) is 5.82 Å². The maximum Gasteiger partial charge on any atom is 0.350 e. The second-order valence-corrected chi connectivity index (χ2v) is 6.64. The van der Waals surface area contributed by atoms with Crippen molar-refractivity contribution in [2.45, 2.75) is 13.5 Å². The van der Waals surface area contributed by atoms with Crippen molar-refractivity contribution in [3.8, 4) is 11.4 Å². The van der Waals surface area contributed by atoms with E-state index in [1.54, 1.807) is 24.3 Å². The number of rotatable bonds is 5. The highest BCUT2D eigenvalue weighted by Gasteiger charge is 2.15. The molecule has 9 heteroatoms.